The fourth-order valence-corrected chi connectivity index (χ4v) is 4.08. The zero-order valence-corrected chi connectivity index (χ0v) is 17.3. The molecule has 0 amide bonds. The van der Waals surface area contributed by atoms with Crippen LogP contribution in [0.5, 0.6) is 0 Å². The minimum absolute atomic E-state index is 0.184. The molecule has 1 unspecified atom stereocenters. The van der Waals surface area contributed by atoms with Gasteiger partial charge < -0.3 is 9.47 Å². The first-order chi connectivity index (χ1) is 13.9. The van der Waals surface area contributed by atoms with E-state index in [0.29, 0.717) is 13.1 Å². The zero-order chi connectivity index (χ0) is 22.1. The molecule has 2 heterocycles. The number of fused-ring (bicyclic) bond motifs is 1. The van der Waals surface area contributed by atoms with Gasteiger partial charge in [0.2, 0.25) is 0 Å². The average molecular weight is 428 g/mol. The number of ether oxygens (including phenoxy) is 2. The Bertz CT molecular complexity index is 750. The molecule has 6 nitrogen and oxygen atoms in total. The number of carbonyl (C=O) groups is 2. The summed E-state index contributed by atoms with van der Waals surface area (Å²) >= 11 is 0. The smallest absolute Gasteiger partial charge is 0.456 e. The topological polar surface area (TPSA) is 59.1 Å². The summed E-state index contributed by atoms with van der Waals surface area (Å²) in [6, 6.07) is 10.0. The summed E-state index contributed by atoms with van der Waals surface area (Å²) < 4.78 is 48.0. The molecular weight excluding hydrogens is 401 g/mol. The van der Waals surface area contributed by atoms with Gasteiger partial charge in [0.05, 0.1) is 0 Å². The molecule has 0 radical (unpaired) electrons. The number of nitrogens with zero attached hydrogens (tertiary/aromatic N) is 2. The van der Waals surface area contributed by atoms with Crippen molar-refractivity contribution >= 4 is 11.9 Å². The van der Waals surface area contributed by atoms with E-state index in [1.165, 1.54) is 10.5 Å². The van der Waals surface area contributed by atoms with Crippen molar-refractivity contribution in [3.63, 3.8) is 0 Å². The zero-order valence-electron chi connectivity index (χ0n) is 17.3. The summed E-state index contributed by atoms with van der Waals surface area (Å²) in [5.74, 6) is -3.01. The number of halogens is 3. The number of hydrogen-bond acceptors (Lipinski definition) is 6. The maximum atomic E-state index is 12.7. The van der Waals surface area contributed by atoms with Crippen molar-refractivity contribution in [3.05, 3.63) is 35.9 Å². The Kier molecular flexibility index (Phi) is 6.43. The summed E-state index contributed by atoms with van der Waals surface area (Å²) in [5.41, 5.74) is 0.280. The van der Waals surface area contributed by atoms with Crippen molar-refractivity contribution in [3.8, 4) is 0 Å². The van der Waals surface area contributed by atoms with Crippen molar-refractivity contribution in [1.82, 2.24) is 9.80 Å². The normalized spacial score (nSPS) is 23.8. The van der Waals surface area contributed by atoms with Gasteiger partial charge >= 0.3 is 18.1 Å². The highest BCUT2D eigenvalue weighted by Gasteiger charge is 2.49. The molecule has 2 saturated heterocycles. The molecule has 2 aliphatic rings. The van der Waals surface area contributed by atoms with Gasteiger partial charge in [-0.1, -0.05) is 30.3 Å². The first-order valence-corrected chi connectivity index (χ1v) is 9.93. The van der Waals surface area contributed by atoms with Crippen LogP contribution in [0.1, 0.15) is 26.3 Å². The monoisotopic (exact) mass is 428 g/mol. The van der Waals surface area contributed by atoms with Crippen LogP contribution in [0, 0.1) is 11.8 Å². The molecule has 9 heteroatoms. The number of likely N-dealkylation sites (tertiary alicyclic amines) is 2. The lowest BCUT2D eigenvalue weighted by molar-refractivity contribution is -0.219. The van der Waals surface area contributed by atoms with E-state index in [9.17, 15) is 22.8 Å². The van der Waals surface area contributed by atoms with Crippen LogP contribution in [-0.2, 0) is 25.6 Å². The van der Waals surface area contributed by atoms with Gasteiger partial charge in [0, 0.05) is 32.7 Å². The molecule has 166 valence electrons. The van der Waals surface area contributed by atoms with Crippen LogP contribution in [0.3, 0.4) is 0 Å². The Balaban J connectivity index is 1.65. The predicted molar refractivity (Wildman–Crippen MR) is 102 cm³/mol. The largest absolute Gasteiger partial charge is 0.491 e. The quantitative estimate of drug-likeness (QED) is 0.673. The SMILES string of the molecule is CC(C)(C)OC(=O)C(OC(=O)C(F)(F)F)N1C[C@H]2CN(Cc3ccccc3)C[C@H]2C1. The number of rotatable bonds is 5. The van der Waals surface area contributed by atoms with Crippen LogP contribution < -0.4 is 0 Å². The molecule has 0 spiro atoms. The summed E-state index contributed by atoms with van der Waals surface area (Å²) in [5, 5.41) is 0. The highest BCUT2D eigenvalue weighted by atomic mass is 19.4. The van der Waals surface area contributed by atoms with Crippen LogP contribution >= 0.6 is 0 Å². The maximum absolute atomic E-state index is 12.7. The molecule has 1 aromatic carbocycles. The van der Waals surface area contributed by atoms with Gasteiger partial charge in [-0.05, 0) is 38.2 Å². The molecule has 0 N–H and O–H groups in total. The van der Waals surface area contributed by atoms with E-state index in [1.54, 1.807) is 20.8 Å². The van der Waals surface area contributed by atoms with E-state index in [4.69, 9.17) is 4.74 Å². The first-order valence-electron chi connectivity index (χ1n) is 9.93. The number of hydrogen-bond donors (Lipinski definition) is 0. The number of carbonyl (C=O) groups excluding carboxylic acids is 2. The third kappa shape index (κ3) is 5.72. The lowest BCUT2D eigenvalue weighted by Crippen LogP contribution is -2.48. The van der Waals surface area contributed by atoms with Crippen LogP contribution in [-0.4, -0.2) is 65.9 Å². The molecule has 3 atom stereocenters. The van der Waals surface area contributed by atoms with E-state index < -0.39 is 29.9 Å². The Labute approximate surface area is 173 Å². The van der Waals surface area contributed by atoms with Gasteiger partial charge in [-0.3, -0.25) is 9.80 Å². The number of alkyl halides is 3. The first kappa shape index (κ1) is 22.6. The van der Waals surface area contributed by atoms with Gasteiger partial charge in [-0.15, -0.1) is 0 Å². The Morgan fingerprint density at radius 2 is 1.60 bits per heavy atom. The van der Waals surface area contributed by atoms with E-state index in [0.717, 1.165) is 19.6 Å². The Morgan fingerprint density at radius 1 is 1.03 bits per heavy atom. The van der Waals surface area contributed by atoms with E-state index >= 15 is 0 Å². The van der Waals surface area contributed by atoms with E-state index in [2.05, 4.69) is 21.8 Å². The molecule has 0 aromatic heterocycles. The predicted octanol–water partition coefficient (Wildman–Crippen LogP) is 2.82. The third-order valence-corrected chi connectivity index (χ3v) is 5.23. The molecule has 0 saturated carbocycles. The fourth-order valence-electron chi connectivity index (χ4n) is 4.08. The summed E-state index contributed by atoms with van der Waals surface area (Å²) in [6.45, 7) is 7.88. The molecule has 1 aromatic rings. The maximum Gasteiger partial charge on any atom is 0.491 e. The van der Waals surface area contributed by atoms with Crippen molar-refractivity contribution in [2.24, 2.45) is 11.8 Å². The van der Waals surface area contributed by atoms with Crippen LogP contribution in [0.4, 0.5) is 13.2 Å². The van der Waals surface area contributed by atoms with Crippen LogP contribution in [0.25, 0.3) is 0 Å². The van der Waals surface area contributed by atoms with Gasteiger partial charge in [-0.2, -0.15) is 13.2 Å². The summed E-state index contributed by atoms with van der Waals surface area (Å²) in [6.07, 6.45) is -6.88. The third-order valence-electron chi connectivity index (χ3n) is 5.23. The minimum Gasteiger partial charge on any atom is -0.456 e. The second-order valence-electron chi connectivity index (χ2n) is 8.94. The average Bonchev–Trinajstić information content (AvgIpc) is 3.16. The van der Waals surface area contributed by atoms with Crippen molar-refractivity contribution < 1.29 is 32.2 Å². The van der Waals surface area contributed by atoms with Gasteiger partial charge in [-0.25, -0.2) is 9.59 Å². The van der Waals surface area contributed by atoms with Gasteiger partial charge in [0.1, 0.15) is 5.60 Å². The molecular formula is C21H27F3N2O4. The second kappa shape index (κ2) is 8.55. The minimum atomic E-state index is -5.18. The highest BCUT2D eigenvalue weighted by Crippen LogP contribution is 2.34. The Morgan fingerprint density at radius 3 is 2.10 bits per heavy atom. The molecule has 30 heavy (non-hydrogen) atoms. The molecule has 2 aliphatic heterocycles. The van der Waals surface area contributed by atoms with Crippen molar-refractivity contribution in [2.75, 3.05) is 26.2 Å². The fraction of sp³-hybridized carbons (Fsp3) is 0.619. The molecule has 2 fully saturated rings. The number of esters is 2. The second-order valence-corrected chi connectivity index (χ2v) is 8.94. The molecule has 0 bridgehead atoms. The van der Waals surface area contributed by atoms with Crippen LogP contribution in [0.2, 0.25) is 0 Å². The van der Waals surface area contributed by atoms with Crippen molar-refractivity contribution in [1.29, 1.82) is 0 Å². The lowest BCUT2D eigenvalue weighted by atomic mass is 10.0. The molecule has 0 aliphatic carbocycles. The summed E-state index contributed by atoms with van der Waals surface area (Å²) in [4.78, 5) is 27.7. The molecule has 3 rings (SSSR count). The summed E-state index contributed by atoms with van der Waals surface area (Å²) in [7, 11) is 0. The number of benzene rings is 1. The van der Waals surface area contributed by atoms with E-state index in [-0.39, 0.29) is 11.8 Å². The highest BCUT2D eigenvalue weighted by molar-refractivity contribution is 5.81. The van der Waals surface area contributed by atoms with Gasteiger partial charge in [0.15, 0.2) is 0 Å². The van der Waals surface area contributed by atoms with Crippen molar-refractivity contribution in [2.45, 2.75) is 45.3 Å². The standard InChI is InChI=1S/C21H27F3N2O4/c1-20(2,3)30-18(27)17(29-19(28)21(22,23)24)26-12-15-10-25(11-16(15)13-26)9-14-7-5-4-6-8-14/h4-8,15-17H,9-13H2,1-3H3/t15-,16+,17?. The lowest BCUT2D eigenvalue weighted by Gasteiger charge is -2.30. The van der Waals surface area contributed by atoms with E-state index in [1.807, 2.05) is 18.2 Å². The van der Waals surface area contributed by atoms with Gasteiger partial charge in [0.25, 0.3) is 6.23 Å². The van der Waals surface area contributed by atoms with Crippen LogP contribution in [0.15, 0.2) is 30.3 Å². The Hall–Kier alpha value is -2.13.